The summed E-state index contributed by atoms with van der Waals surface area (Å²) in [5, 5.41) is 4.03. The highest BCUT2D eigenvalue weighted by molar-refractivity contribution is 5.95. The number of carbonyl (C=O) groups excluding carboxylic acids is 2. The maximum atomic E-state index is 12.6. The Morgan fingerprint density at radius 2 is 2.35 bits per heavy atom. The second-order valence-corrected chi connectivity index (χ2v) is 5.61. The van der Waals surface area contributed by atoms with Crippen LogP contribution >= 0.6 is 0 Å². The van der Waals surface area contributed by atoms with E-state index < -0.39 is 5.72 Å². The van der Waals surface area contributed by atoms with Crippen molar-refractivity contribution in [2.45, 2.75) is 24.6 Å². The number of carbonyl (C=O) groups is 2. The Morgan fingerprint density at radius 3 is 3.10 bits per heavy atom. The van der Waals surface area contributed by atoms with Crippen LogP contribution in [0.1, 0.15) is 23.2 Å². The van der Waals surface area contributed by atoms with Crippen molar-refractivity contribution in [1.29, 1.82) is 0 Å². The van der Waals surface area contributed by atoms with E-state index in [1.54, 1.807) is 29.0 Å². The monoisotopic (exact) mass is 276 g/mol. The van der Waals surface area contributed by atoms with Crippen LogP contribution in [0, 0.1) is 0 Å². The van der Waals surface area contributed by atoms with Gasteiger partial charge in [0.1, 0.15) is 0 Å². The molecule has 1 spiro atoms. The number of hydrogen-bond acceptors (Lipinski definition) is 4. The van der Waals surface area contributed by atoms with Gasteiger partial charge in [0.2, 0.25) is 5.91 Å². The Labute approximate surface area is 116 Å². The predicted molar refractivity (Wildman–Crippen MR) is 67.7 cm³/mol. The summed E-state index contributed by atoms with van der Waals surface area (Å²) in [6, 6.07) is -0.162. The fourth-order valence-corrected chi connectivity index (χ4v) is 3.73. The molecule has 3 fully saturated rings. The summed E-state index contributed by atoms with van der Waals surface area (Å²) >= 11 is 0. The lowest BCUT2D eigenvalue weighted by Crippen LogP contribution is -2.48. The lowest BCUT2D eigenvalue weighted by molar-refractivity contribution is -0.136. The average Bonchev–Trinajstić information content (AvgIpc) is 3.13. The Bertz CT molecular complexity index is 598. The molecular weight excluding hydrogens is 260 g/mol. The van der Waals surface area contributed by atoms with Gasteiger partial charge in [0, 0.05) is 32.8 Å². The summed E-state index contributed by atoms with van der Waals surface area (Å²) in [7, 11) is 1.78. The van der Waals surface area contributed by atoms with E-state index in [1.165, 1.54) is 0 Å². The van der Waals surface area contributed by atoms with Gasteiger partial charge in [-0.2, -0.15) is 5.10 Å². The molecule has 2 atom stereocenters. The van der Waals surface area contributed by atoms with Crippen LogP contribution in [0.3, 0.4) is 0 Å². The van der Waals surface area contributed by atoms with E-state index in [2.05, 4.69) is 5.10 Å². The van der Waals surface area contributed by atoms with E-state index in [4.69, 9.17) is 4.74 Å². The molecule has 2 amide bonds. The quantitative estimate of drug-likeness (QED) is 0.699. The topological polar surface area (TPSA) is 67.7 Å². The summed E-state index contributed by atoms with van der Waals surface area (Å²) in [6.45, 7) is 1.84. The Hall–Kier alpha value is -1.89. The fraction of sp³-hybridized carbons (Fsp3) is 0.615. The summed E-state index contributed by atoms with van der Waals surface area (Å²) in [5.41, 5.74) is 0.00281. The van der Waals surface area contributed by atoms with Crippen LogP contribution in [0.15, 0.2) is 12.4 Å². The van der Waals surface area contributed by atoms with Gasteiger partial charge in [-0.05, 0) is 0 Å². The van der Waals surface area contributed by atoms with Gasteiger partial charge in [0.15, 0.2) is 5.72 Å². The molecule has 3 aliphatic heterocycles. The van der Waals surface area contributed by atoms with Gasteiger partial charge in [0.25, 0.3) is 5.91 Å². The van der Waals surface area contributed by atoms with E-state index >= 15 is 0 Å². The molecule has 3 saturated heterocycles. The fourth-order valence-electron chi connectivity index (χ4n) is 3.73. The smallest absolute Gasteiger partial charge is 0.257 e. The lowest BCUT2D eigenvalue weighted by Gasteiger charge is -2.31. The van der Waals surface area contributed by atoms with Crippen molar-refractivity contribution in [2.75, 3.05) is 19.7 Å². The number of likely N-dealkylation sites (tertiary alicyclic amines) is 1. The first kappa shape index (κ1) is 11.9. The summed E-state index contributed by atoms with van der Waals surface area (Å²) in [6.07, 6.45) is 4.34. The third-order valence-electron chi connectivity index (χ3n) is 4.61. The number of amides is 2. The van der Waals surface area contributed by atoms with Crippen molar-refractivity contribution in [3.63, 3.8) is 0 Å². The third kappa shape index (κ3) is 1.35. The zero-order chi connectivity index (χ0) is 13.9. The second-order valence-electron chi connectivity index (χ2n) is 5.61. The maximum Gasteiger partial charge on any atom is 0.257 e. The van der Waals surface area contributed by atoms with Crippen molar-refractivity contribution >= 4 is 11.8 Å². The second kappa shape index (κ2) is 3.82. The summed E-state index contributed by atoms with van der Waals surface area (Å²) < 4.78 is 7.48. The maximum absolute atomic E-state index is 12.6. The zero-order valence-electron chi connectivity index (χ0n) is 11.3. The third-order valence-corrected chi connectivity index (χ3v) is 4.61. The molecule has 0 aromatic carbocycles. The van der Waals surface area contributed by atoms with E-state index in [0.29, 0.717) is 38.1 Å². The van der Waals surface area contributed by atoms with Crippen molar-refractivity contribution in [3.05, 3.63) is 18.0 Å². The Morgan fingerprint density at radius 1 is 1.50 bits per heavy atom. The van der Waals surface area contributed by atoms with Crippen molar-refractivity contribution in [2.24, 2.45) is 7.05 Å². The molecule has 1 aromatic heterocycles. The molecule has 7 nitrogen and oxygen atoms in total. The first-order valence-electron chi connectivity index (χ1n) is 6.86. The standard InChI is InChI=1S/C13H16N4O3/c1-15-8-9(7-14-15)12(19)16-3-2-13-10(16)6-11(18)17(13)4-5-20-13/h7-8,10H,2-6H2,1H3/t10-,13+/m1/s1. The normalized spacial score (nSPS) is 31.9. The molecule has 3 aliphatic rings. The lowest BCUT2D eigenvalue weighted by atomic mass is 10.1. The number of hydrogen-bond donors (Lipinski definition) is 0. The number of ether oxygens (including phenoxy) is 1. The van der Waals surface area contributed by atoms with E-state index in [1.807, 2.05) is 4.90 Å². The first-order valence-corrected chi connectivity index (χ1v) is 6.86. The molecule has 106 valence electrons. The molecule has 0 aliphatic carbocycles. The van der Waals surface area contributed by atoms with E-state index in [9.17, 15) is 9.59 Å². The van der Waals surface area contributed by atoms with Crippen LogP contribution in [0.5, 0.6) is 0 Å². The number of rotatable bonds is 1. The molecule has 0 bridgehead atoms. The van der Waals surface area contributed by atoms with E-state index in [0.717, 1.165) is 0 Å². The zero-order valence-corrected chi connectivity index (χ0v) is 11.3. The largest absolute Gasteiger partial charge is 0.351 e. The molecule has 0 saturated carbocycles. The van der Waals surface area contributed by atoms with Crippen molar-refractivity contribution in [1.82, 2.24) is 19.6 Å². The molecule has 0 radical (unpaired) electrons. The highest BCUT2D eigenvalue weighted by Crippen LogP contribution is 2.45. The minimum absolute atomic E-state index is 0.0647. The molecule has 4 heterocycles. The Kier molecular flexibility index (Phi) is 2.27. The van der Waals surface area contributed by atoms with Crippen LogP contribution < -0.4 is 0 Å². The van der Waals surface area contributed by atoms with Crippen LogP contribution in [-0.4, -0.2) is 62.9 Å². The van der Waals surface area contributed by atoms with Crippen LogP contribution in [0.2, 0.25) is 0 Å². The Balaban J connectivity index is 1.65. The minimum Gasteiger partial charge on any atom is -0.351 e. The average molecular weight is 276 g/mol. The van der Waals surface area contributed by atoms with Crippen molar-refractivity contribution < 1.29 is 14.3 Å². The number of aromatic nitrogens is 2. The van der Waals surface area contributed by atoms with Gasteiger partial charge >= 0.3 is 0 Å². The molecule has 1 aromatic rings. The number of aryl methyl sites for hydroxylation is 1. The van der Waals surface area contributed by atoms with Crippen LogP contribution in [0.4, 0.5) is 0 Å². The van der Waals surface area contributed by atoms with E-state index in [-0.39, 0.29) is 17.9 Å². The highest BCUT2D eigenvalue weighted by Gasteiger charge is 2.62. The predicted octanol–water partition coefficient (Wildman–Crippen LogP) is -0.407. The molecular formula is C13H16N4O3. The van der Waals surface area contributed by atoms with Gasteiger partial charge in [-0.15, -0.1) is 0 Å². The minimum atomic E-state index is -0.561. The van der Waals surface area contributed by atoms with Gasteiger partial charge < -0.3 is 14.5 Å². The highest BCUT2D eigenvalue weighted by atomic mass is 16.5. The van der Waals surface area contributed by atoms with Gasteiger partial charge in [-0.25, -0.2) is 0 Å². The summed E-state index contributed by atoms with van der Waals surface area (Å²) in [4.78, 5) is 28.2. The van der Waals surface area contributed by atoms with Gasteiger partial charge in [-0.3, -0.25) is 14.3 Å². The summed E-state index contributed by atoms with van der Waals surface area (Å²) in [5.74, 6) is 0.0290. The molecule has 0 N–H and O–H groups in total. The number of nitrogens with zero attached hydrogens (tertiary/aromatic N) is 4. The molecule has 0 unspecified atom stereocenters. The molecule has 7 heteroatoms. The first-order chi connectivity index (χ1) is 9.62. The van der Waals surface area contributed by atoms with Crippen molar-refractivity contribution in [3.8, 4) is 0 Å². The molecule has 4 rings (SSSR count). The van der Waals surface area contributed by atoms with Crippen LogP contribution in [-0.2, 0) is 16.6 Å². The molecule has 20 heavy (non-hydrogen) atoms. The SMILES string of the molecule is Cn1cc(C(=O)N2CC[C@@]34OCCN3C(=O)C[C@@H]24)cn1. The van der Waals surface area contributed by atoms with Crippen LogP contribution in [0.25, 0.3) is 0 Å². The van der Waals surface area contributed by atoms with Gasteiger partial charge in [-0.1, -0.05) is 0 Å². The van der Waals surface area contributed by atoms with Gasteiger partial charge in [0.05, 0.1) is 30.8 Å².